The summed E-state index contributed by atoms with van der Waals surface area (Å²) in [6.45, 7) is 2.69. The van der Waals surface area contributed by atoms with Crippen LogP contribution in [0.15, 0.2) is 22.6 Å². The maximum atomic E-state index is 12.2. The molecule has 18 heavy (non-hydrogen) atoms. The van der Waals surface area contributed by atoms with Crippen molar-refractivity contribution < 1.29 is 14.3 Å². The van der Waals surface area contributed by atoms with Crippen LogP contribution in [0, 0.1) is 4.84 Å². The zero-order chi connectivity index (χ0) is 13.1. The molecular weight excluding hydrogens is 252 g/mol. The Labute approximate surface area is 109 Å². The van der Waals surface area contributed by atoms with Crippen LogP contribution < -0.4 is 0 Å². The van der Waals surface area contributed by atoms with Gasteiger partial charge in [-0.2, -0.15) is 0 Å². The molecular formula is C12H14N2O3S. The number of nitrogens with one attached hydrogen (secondary N) is 1. The zero-order valence-electron chi connectivity index (χ0n) is 9.97. The molecule has 0 saturated carbocycles. The van der Waals surface area contributed by atoms with Crippen molar-refractivity contribution in [2.75, 3.05) is 19.7 Å². The number of benzene rings is 1. The lowest BCUT2D eigenvalue weighted by Crippen LogP contribution is -2.33. The largest absolute Gasteiger partial charge is 0.429 e. The molecule has 1 heterocycles. The number of hydrogen-bond donors (Lipinski definition) is 2. The quantitative estimate of drug-likeness (QED) is 0.830. The molecule has 1 aromatic heterocycles. The lowest BCUT2D eigenvalue weighted by Gasteiger charge is -2.19. The predicted molar refractivity (Wildman–Crippen MR) is 70.1 cm³/mol. The third-order valence-corrected chi connectivity index (χ3v) is 2.89. The average molecular weight is 266 g/mol. The molecule has 0 bridgehead atoms. The fourth-order valence-electron chi connectivity index (χ4n) is 1.78. The van der Waals surface area contributed by atoms with Gasteiger partial charge in [0, 0.05) is 18.7 Å². The minimum Gasteiger partial charge on any atom is -0.429 e. The third kappa shape index (κ3) is 2.44. The molecule has 5 nitrogen and oxygen atoms in total. The zero-order valence-corrected chi connectivity index (χ0v) is 10.8. The molecule has 6 heteroatoms. The van der Waals surface area contributed by atoms with Gasteiger partial charge in [0.25, 0.3) is 10.7 Å². The monoisotopic (exact) mass is 266 g/mol. The minimum atomic E-state index is -0.129. The molecule has 0 atom stereocenters. The van der Waals surface area contributed by atoms with Crippen molar-refractivity contribution in [3.63, 3.8) is 0 Å². The number of carbonyl (C=O) groups is 1. The molecule has 0 aliphatic carbocycles. The van der Waals surface area contributed by atoms with E-state index in [-0.39, 0.29) is 17.4 Å². The minimum absolute atomic E-state index is 0.0489. The van der Waals surface area contributed by atoms with E-state index < -0.39 is 0 Å². The highest BCUT2D eigenvalue weighted by Gasteiger charge is 2.14. The van der Waals surface area contributed by atoms with Crippen LogP contribution in [0.5, 0.6) is 0 Å². The summed E-state index contributed by atoms with van der Waals surface area (Å²) in [5, 5.41) is 8.91. The van der Waals surface area contributed by atoms with Crippen molar-refractivity contribution in [2.45, 2.75) is 6.92 Å². The Hall–Kier alpha value is -1.66. The molecule has 96 valence electrons. The second-order valence-corrected chi connectivity index (χ2v) is 4.20. The number of likely N-dealkylation sites (N-methyl/N-ethyl adjacent to an activating group) is 1. The lowest BCUT2D eigenvalue weighted by molar-refractivity contribution is 0.0732. The number of aliphatic hydroxyl groups excluding tert-OH is 1. The molecule has 0 spiro atoms. The Morgan fingerprint density at radius 2 is 2.33 bits per heavy atom. The number of nitrogens with zero attached hydrogens (tertiary/aromatic N) is 1. The fraction of sp³-hybridized carbons (Fsp3) is 0.333. The number of amides is 1. The van der Waals surface area contributed by atoms with Gasteiger partial charge in [-0.15, -0.1) is 0 Å². The number of oxazole rings is 1. The molecule has 2 N–H and O–H groups in total. The van der Waals surface area contributed by atoms with Gasteiger partial charge < -0.3 is 19.4 Å². The number of fused-ring (bicyclic) bond motifs is 1. The smallest absolute Gasteiger partial charge is 0.266 e. The topological polar surface area (TPSA) is 69.5 Å². The molecule has 0 aliphatic rings. The van der Waals surface area contributed by atoms with Gasteiger partial charge in [0.1, 0.15) is 0 Å². The Bertz CT molecular complexity index is 617. The lowest BCUT2D eigenvalue weighted by atomic mass is 10.2. The molecule has 0 aliphatic heterocycles. The highest BCUT2D eigenvalue weighted by atomic mass is 32.1. The summed E-state index contributed by atoms with van der Waals surface area (Å²) in [6, 6.07) is 5.13. The molecule has 0 saturated heterocycles. The Morgan fingerprint density at radius 3 is 3.00 bits per heavy atom. The van der Waals surface area contributed by atoms with Gasteiger partial charge in [-0.25, -0.2) is 0 Å². The fourth-order valence-corrected chi connectivity index (χ4v) is 1.98. The number of rotatable bonds is 4. The first-order chi connectivity index (χ1) is 8.65. The molecule has 2 aromatic rings. The van der Waals surface area contributed by atoms with Crippen molar-refractivity contribution in [1.82, 2.24) is 9.88 Å². The van der Waals surface area contributed by atoms with E-state index in [4.69, 9.17) is 21.7 Å². The van der Waals surface area contributed by atoms with Gasteiger partial charge in [0.2, 0.25) is 0 Å². The van der Waals surface area contributed by atoms with Crippen molar-refractivity contribution in [3.05, 3.63) is 28.6 Å². The van der Waals surface area contributed by atoms with Crippen molar-refractivity contribution >= 4 is 29.2 Å². The van der Waals surface area contributed by atoms with Crippen LogP contribution in [0.4, 0.5) is 0 Å². The summed E-state index contributed by atoms with van der Waals surface area (Å²) in [5.41, 5.74) is 1.85. The van der Waals surface area contributed by atoms with Crippen LogP contribution in [0.25, 0.3) is 11.1 Å². The standard InChI is InChI=1S/C12H14N2O3S/c1-2-14(5-6-15)11(16)8-3-4-9-10(7-8)17-12(18)13-9/h3-4,7,15H,2,5-6H2,1H3,(H,13,18). The number of aromatic nitrogens is 1. The van der Waals surface area contributed by atoms with Crippen LogP contribution >= 0.6 is 12.2 Å². The Morgan fingerprint density at radius 1 is 1.56 bits per heavy atom. The van der Waals surface area contributed by atoms with E-state index in [0.29, 0.717) is 24.2 Å². The predicted octanol–water partition coefficient (Wildman–Crippen LogP) is 1.94. The van der Waals surface area contributed by atoms with E-state index in [1.165, 1.54) is 0 Å². The van der Waals surface area contributed by atoms with Crippen LogP contribution in [0.2, 0.25) is 0 Å². The highest BCUT2D eigenvalue weighted by molar-refractivity contribution is 7.71. The van der Waals surface area contributed by atoms with Crippen molar-refractivity contribution in [3.8, 4) is 0 Å². The molecule has 1 amide bonds. The number of carbonyl (C=O) groups excluding carboxylic acids is 1. The summed E-state index contributed by atoms with van der Waals surface area (Å²) >= 11 is 4.89. The molecule has 0 radical (unpaired) electrons. The molecule has 0 unspecified atom stereocenters. The first kappa shape index (κ1) is 12.8. The van der Waals surface area contributed by atoms with Gasteiger partial charge in [0.05, 0.1) is 12.1 Å². The maximum absolute atomic E-state index is 12.2. The van der Waals surface area contributed by atoms with Crippen molar-refractivity contribution in [1.29, 1.82) is 0 Å². The summed E-state index contributed by atoms with van der Waals surface area (Å²) in [7, 11) is 0. The normalized spacial score (nSPS) is 10.8. The number of aliphatic hydroxyl groups is 1. The Kier molecular flexibility index (Phi) is 3.78. The van der Waals surface area contributed by atoms with Gasteiger partial charge in [-0.1, -0.05) is 0 Å². The summed E-state index contributed by atoms with van der Waals surface area (Å²) < 4.78 is 5.27. The van der Waals surface area contributed by atoms with Crippen LogP contribution in [0.1, 0.15) is 17.3 Å². The second kappa shape index (κ2) is 5.32. The molecule has 2 rings (SSSR count). The molecule has 0 fully saturated rings. The van der Waals surface area contributed by atoms with E-state index in [0.717, 1.165) is 5.52 Å². The number of hydrogen-bond acceptors (Lipinski definition) is 4. The van der Waals surface area contributed by atoms with Crippen LogP contribution in [-0.4, -0.2) is 40.6 Å². The first-order valence-corrected chi connectivity index (χ1v) is 6.09. The SMILES string of the molecule is CCN(CCO)C(=O)c1ccc2[nH]c(=S)oc2c1. The van der Waals surface area contributed by atoms with Crippen LogP contribution in [0.3, 0.4) is 0 Å². The van der Waals surface area contributed by atoms with E-state index in [1.807, 2.05) is 6.92 Å². The summed E-state index contributed by atoms with van der Waals surface area (Å²) in [4.78, 5) is 16.9. The Balaban J connectivity index is 2.34. The van der Waals surface area contributed by atoms with E-state index in [9.17, 15) is 4.79 Å². The van der Waals surface area contributed by atoms with Crippen LogP contribution in [-0.2, 0) is 0 Å². The maximum Gasteiger partial charge on any atom is 0.266 e. The highest BCUT2D eigenvalue weighted by Crippen LogP contribution is 2.16. The number of aromatic amines is 1. The van der Waals surface area contributed by atoms with E-state index in [1.54, 1.807) is 23.1 Å². The van der Waals surface area contributed by atoms with Gasteiger partial charge >= 0.3 is 0 Å². The van der Waals surface area contributed by atoms with Gasteiger partial charge in [-0.05, 0) is 37.3 Å². The van der Waals surface area contributed by atoms with E-state index in [2.05, 4.69) is 4.98 Å². The van der Waals surface area contributed by atoms with Gasteiger partial charge in [-0.3, -0.25) is 4.79 Å². The third-order valence-electron chi connectivity index (χ3n) is 2.71. The van der Waals surface area contributed by atoms with Gasteiger partial charge in [0.15, 0.2) is 5.58 Å². The molecule has 1 aromatic carbocycles. The summed E-state index contributed by atoms with van der Waals surface area (Å²) in [6.07, 6.45) is 0. The average Bonchev–Trinajstić information content (AvgIpc) is 2.74. The van der Waals surface area contributed by atoms with Crippen molar-refractivity contribution in [2.24, 2.45) is 0 Å². The number of H-pyrrole nitrogens is 1. The second-order valence-electron chi connectivity index (χ2n) is 3.83. The first-order valence-electron chi connectivity index (χ1n) is 5.68. The summed E-state index contributed by atoms with van der Waals surface area (Å²) in [5.74, 6) is -0.129. The van der Waals surface area contributed by atoms with E-state index >= 15 is 0 Å².